The van der Waals surface area contributed by atoms with Gasteiger partial charge >= 0.3 is 6.01 Å². The van der Waals surface area contributed by atoms with E-state index in [0.717, 1.165) is 32.9 Å². The van der Waals surface area contributed by atoms with Gasteiger partial charge in [0.25, 0.3) is 12.4 Å². The van der Waals surface area contributed by atoms with E-state index in [1.807, 2.05) is 127 Å². The van der Waals surface area contributed by atoms with E-state index in [0.29, 0.717) is 46.0 Å². The van der Waals surface area contributed by atoms with E-state index in [1.165, 1.54) is 4.58 Å². The van der Waals surface area contributed by atoms with Crippen LogP contribution in [0, 0.1) is 0 Å². The van der Waals surface area contributed by atoms with E-state index >= 15 is 0 Å². The number of aromatic nitrogens is 5. The van der Waals surface area contributed by atoms with Gasteiger partial charge in [-0.15, -0.1) is 0 Å². The van der Waals surface area contributed by atoms with Crippen molar-refractivity contribution in [3.05, 3.63) is 237 Å². The van der Waals surface area contributed by atoms with Crippen LogP contribution in [0.2, 0.25) is 0 Å². The first-order chi connectivity index (χ1) is 37.4. The molecule has 314 valence electrons. The molecule has 0 bridgehead atoms. The Hall–Kier alpha value is -9.36. The average Bonchev–Trinajstić information content (AvgIpc) is 4.24. The van der Waals surface area contributed by atoms with Crippen molar-refractivity contribution in [1.29, 1.82) is 0 Å². The van der Waals surface area contributed by atoms with E-state index in [2.05, 4.69) is 16.6 Å². The van der Waals surface area contributed by atoms with Crippen LogP contribution in [0.15, 0.2) is 237 Å². The maximum Gasteiger partial charge on any atom is 0.501 e. The lowest BCUT2D eigenvalue weighted by molar-refractivity contribution is -0.386. The van der Waals surface area contributed by atoms with Crippen LogP contribution in [0.25, 0.3) is 84.0 Å². The van der Waals surface area contributed by atoms with E-state index in [9.17, 15) is 0 Å². The van der Waals surface area contributed by atoms with E-state index in [-0.39, 0.29) is 27.9 Å². The highest BCUT2D eigenvalue weighted by Crippen LogP contribution is 2.43. The van der Waals surface area contributed by atoms with E-state index < -0.39 is 60.4 Å². The maximum atomic E-state index is 8.96. The molecule has 0 unspecified atom stereocenters. The molecule has 0 spiro atoms. The highest BCUT2D eigenvalue weighted by atomic mass is 16.5. The zero-order valence-electron chi connectivity index (χ0n) is 45.3. The molecule has 0 radical (unpaired) electrons. The Kier molecular flexibility index (Phi) is 7.57. The average molecular weight is 872 g/mol. The van der Waals surface area contributed by atoms with Crippen LogP contribution in [0.4, 0.5) is 11.4 Å². The van der Waals surface area contributed by atoms with Crippen molar-refractivity contribution in [3.63, 3.8) is 0 Å². The lowest BCUT2D eigenvalue weighted by atomic mass is 9.96. The third-order valence-corrected chi connectivity index (χ3v) is 11.3. The number of hydrogen-bond acceptors (Lipinski definition) is 5. The summed E-state index contributed by atoms with van der Waals surface area (Å²) in [6.07, 6.45) is 5.06. The number of ether oxygens (including phenoxy) is 1. The highest BCUT2D eigenvalue weighted by Gasteiger charge is 2.29. The van der Waals surface area contributed by atoms with Crippen molar-refractivity contribution in [3.8, 4) is 73.7 Å². The molecule has 0 saturated carbocycles. The molecule has 0 amide bonds. The number of benzene rings is 8. The van der Waals surface area contributed by atoms with Gasteiger partial charge in [-0.1, -0.05) is 167 Å². The van der Waals surface area contributed by atoms with Gasteiger partial charge in [0.15, 0.2) is 17.5 Å². The van der Waals surface area contributed by atoms with Crippen molar-refractivity contribution in [2.75, 3.05) is 0 Å². The second-order valence-electron chi connectivity index (χ2n) is 15.4. The summed E-state index contributed by atoms with van der Waals surface area (Å²) >= 11 is 0. The maximum absolute atomic E-state index is 8.96. The van der Waals surface area contributed by atoms with Crippen LogP contribution < -0.4 is 4.74 Å². The summed E-state index contributed by atoms with van der Waals surface area (Å²) in [5.74, 6) is 2.85. The van der Waals surface area contributed by atoms with Gasteiger partial charge < -0.3 is 4.74 Å². The molecule has 0 N–H and O–H groups in total. The zero-order chi connectivity index (χ0) is 53.2. The third kappa shape index (κ3) is 7.45. The van der Waals surface area contributed by atoms with Crippen LogP contribution in [0.3, 0.4) is 0 Å². The summed E-state index contributed by atoms with van der Waals surface area (Å²) in [5, 5.41) is 1.88. The fourth-order valence-electron chi connectivity index (χ4n) is 8.30. The molecule has 0 saturated heterocycles. The lowest BCUT2D eigenvalue weighted by Gasteiger charge is -2.14. The lowest BCUT2D eigenvalue weighted by Crippen LogP contribution is -2.02. The Balaban J connectivity index is 1.06. The molecule has 1 aliphatic heterocycles. The molecule has 12 rings (SSSR count). The molecule has 8 aromatic carbocycles. The first kappa shape index (κ1) is 29.9. The Morgan fingerprint density at radius 2 is 1.09 bits per heavy atom. The minimum atomic E-state index is -0.579. The van der Waals surface area contributed by atoms with E-state index in [4.69, 9.17) is 38.4 Å². The Bertz CT molecular complexity index is 4150. The first-order valence-corrected chi connectivity index (χ1v) is 21.3. The molecule has 0 aliphatic carbocycles. The number of para-hydroxylation sites is 2. The molecular formula is C59H39N7O+2. The number of fused-ring (bicyclic) bond motifs is 3. The van der Waals surface area contributed by atoms with Crippen molar-refractivity contribution in [2.24, 2.45) is 0 Å². The quantitative estimate of drug-likeness (QED) is 0.128. The van der Waals surface area contributed by atoms with Crippen LogP contribution in [0.5, 0.6) is 11.5 Å². The van der Waals surface area contributed by atoms with Gasteiger partial charge in [0.2, 0.25) is 11.4 Å². The van der Waals surface area contributed by atoms with Gasteiger partial charge in [0.05, 0.1) is 47.5 Å². The first-order valence-electron chi connectivity index (χ1n) is 26.3. The highest BCUT2D eigenvalue weighted by molar-refractivity contribution is 6.11. The van der Waals surface area contributed by atoms with Crippen LogP contribution in [-0.2, 0) is 0 Å². The number of hydrogen-bond donors (Lipinski definition) is 0. The predicted molar refractivity (Wildman–Crippen MR) is 266 cm³/mol. The van der Waals surface area contributed by atoms with Crippen molar-refractivity contribution in [1.82, 2.24) is 24.5 Å². The minimum Gasteiger partial charge on any atom is -0.456 e. The molecule has 11 aromatic rings. The zero-order valence-corrected chi connectivity index (χ0v) is 35.3. The van der Waals surface area contributed by atoms with E-state index in [1.54, 1.807) is 47.4 Å². The Morgan fingerprint density at radius 3 is 1.76 bits per heavy atom. The fraction of sp³-hybridized carbons (Fsp3) is 0. The fourth-order valence-corrected chi connectivity index (χ4v) is 8.30. The van der Waals surface area contributed by atoms with Crippen molar-refractivity contribution in [2.45, 2.75) is 0 Å². The van der Waals surface area contributed by atoms with Gasteiger partial charge in [-0.3, -0.25) is 4.57 Å². The van der Waals surface area contributed by atoms with Gasteiger partial charge in [0, 0.05) is 40.2 Å². The van der Waals surface area contributed by atoms with Crippen LogP contribution in [-0.4, -0.2) is 39.7 Å². The molecule has 67 heavy (non-hydrogen) atoms. The topological polar surface area (TPSA) is 71.7 Å². The molecule has 1 aliphatic rings. The second kappa shape index (κ2) is 17.0. The van der Waals surface area contributed by atoms with Crippen LogP contribution in [0.1, 0.15) is 13.7 Å². The standard InChI is InChI=1S/C59H39N7O/c1-5-19-41(20-6-1)47-30-18-31-48(42-21-7-2-8-22-42)56(47)65-36-35-64(40-65)45-27-17-28-46(37-45)67-54-39-53-50(49-29-13-14-32-52(49)66(53)55-33-15-16-34-60-55)38-51(54)59-62-57(43-23-9-3-10-24-43)61-58(63-59)44-25-11-4-12-26-44/h1-39H/q+2/i1D,2D,5D,6D,7D,8D,19D,20D,21D,22D. The summed E-state index contributed by atoms with van der Waals surface area (Å²) < 4.78 is 98.8. The predicted octanol–water partition coefficient (Wildman–Crippen LogP) is 14.1. The summed E-state index contributed by atoms with van der Waals surface area (Å²) in [4.78, 5) is 19.9. The van der Waals surface area contributed by atoms with Crippen LogP contribution >= 0.6 is 0 Å². The van der Waals surface area contributed by atoms with Crippen molar-refractivity contribution < 1.29 is 27.6 Å². The van der Waals surface area contributed by atoms with Gasteiger partial charge in [-0.25, -0.2) is 19.9 Å². The number of nitrogens with zero attached hydrogens (tertiary/aromatic N) is 7. The largest absolute Gasteiger partial charge is 0.501 e. The molecule has 0 atom stereocenters. The summed E-state index contributed by atoms with van der Waals surface area (Å²) in [5.41, 5.74) is 4.61. The second-order valence-corrected chi connectivity index (χ2v) is 15.4. The normalized spacial score (nSPS) is 14.1. The smallest absolute Gasteiger partial charge is 0.456 e. The molecule has 0 fully saturated rings. The number of rotatable bonds is 10. The van der Waals surface area contributed by atoms with Gasteiger partial charge in [0.1, 0.15) is 17.3 Å². The Morgan fingerprint density at radius 1 is 0.478 bits per heavy atom. The molecule has 8 heteroatoms. The van der Waals surface area contributed by atoms with Crippen molar-refractivity contribution >= 4 is 39.2 Å². The van der Waals surface area contributed by atoms with Gasteiger partial charge in [-0.2, -0.15) is 0 Å². The summed E-state index contributed by atoms with van der Waals surface area (Å²) in [6.45, 7) is 0. The third-order valence-electron chi connectivity index (χ3n) is 11.3. The molecule has 4 heterocycles. The SMILES string of the molecule is [2H]c1c([2H])c([2H])c(-c2cccc(-c3c([2H])c([2H])c([2H])c([2H])c3[2H])c2[N+]2=C=[N+](c3cccc(Oc4cc5c(cc4-c4nc(-c6ccccc6)nc(-c6ccccc6)n4)c4ccccc4n5-c4ccccn4)c3)C=C2)c([2H])c1[2H]. The summed E-state index contributed by atoms with van der Waals surface area (Å²) in [6, 6.07) is 47.2. The molecule has 8 nitrogen and oxygen atoms in total. The molecular weight excluding hydrogens is 823 g/mol. The monoisotopic (exact) mass is 871 g/mol. The minimum absolute atomic E-state index is 0.137. The Labute approximate surface area is 400 Å². The van der Waals surface area contributed by atoms with Gasteiger partial charge in [-0.05, 0) is 53.6 Å². The summed E-state index contributed by atoms with van der Waals surface area (Å²) in [7, 11) is 0. The number of pyridine rings is 1. The molecule has 3 aromatic heterocycles.